The number of nitrogens with zero attached hydrogens (tertiary/aromatic N) is 1. The van der Waals surface area contributed by atoms with Crippen molar-refractivity contribution in [3.05, 3.63) is 28.5 Å². The fourth-order valence-corrected chi connectivity index (χ4v) is 1.59. The molecule has 2 nitrogen and oxygen atoms in total. The van der Waals surface area contributed by atoms with Gasteiger partial charge in [0.25, 0.3) is 0 Å². The summed E-state index contributed by atoms with van der Waals surface area (Å²) in [5, 5.41) is 9.92. The Morgan fingerprint density at radius 2 is 2.36 bits per heavy atom. The van der Waals surface area contributed by atoms with Crippen LogP contribution in [-0.4, -0.2) is 15.4 Å². The molecular formula is C7H7Br2NO. The Kier molecular flexibility index (Phi) is 3.48. The van der Waals surface area contributed by atoms with Crippen molar-refractivity contribution in [3.8, 4) is 0 Å². The van der Waals surface area contributed by atoms with Crippen LogP contribution in [0.1, 0.15) is 11.7 Å². The first-order chi connectivity index (χ1) is 5.25. The first kappa shape index (κ1) is 9.16. The van der Waals surface area contributed by atoms with Gasteiger partial charge in [0, 0.05) is 17.1 Å². The third kappa shape index (κ3) is 2.25. The van der Waals surface area contributed by atoms with Crippen molar-refractivity contribution in [1.82, 2.24) is 4.98 Å². The number of halogens is 2. The molecule has 0 spiro atoms. The lowest BCUT2D eigenvalue weighted by Gasteiger charge is -2.07. The van der Waals surface area contributed by atoms with E-state index in [2.05, 4.69) is 36.8 Å². The first-order valence-corrected chi connectivity index (χ1v) is 5.01. The van der Waals surface area contributed by atoms with Crippen LogP contribution in [0.25, 0.3) is 0 Å². The predicted octanol–water partition coefficient (Wildman–Crippen LogP) is 2.27. The van der Waals surface area contributed by atoms with E-state index in [0.29, 0.717) is 9.93 Å². The molecule has 0 aliphatic carbocycles. The number of pyridine rings is 1. The van der Waals surface area contributed by atoms with Gasteiger partial charge < -0.3 is 5.11 Å². The van der Waals surface area contributed by atoms with Gasteiger partial charge in [0.05, 0.1) is 6.10 Å². The third-order valence-electron chi connectivity index (χ3n) is 1.29. The van der Waals surface area contributed by atoms with Crippen LogP contribution in [0.5, 0.6) is 0 Å². The highest BCUT2D eigenvalue weighted by atomic mass is 79.9. The maximum Gasteiger partial charge on any atom is 0.111 e. The van der Waals surface area contributed by atoms with E-state index >= 15 is 0 Å². The maximum absolute atomic E-state index is 9.39. The van der Waals surface area contributed by atoms with Crippen molar-refractivity contribution in [3.63, 3.8) is 0 Å². The number of aliphatic hydroxyl groups is 1. The molecule has 1 rings (SSSR count). The van der Waals surface area contributed by atoms with Gasteiger partial charge in [-0.3, -0.25) is 0 Å². The molecule has 60 valence electrons. The van der Waals surface area contributed by atoms with Crippen LogP contribution < -0.4 is 0 Å². The predicted molar refractivity (Wildman–Crippen MR) is 50.7 cm³/mol. The van der Waals surface area contributed by atoms with Crippen molar-refractivity contribution in [1.29, 1.82) is 0 Å². The summed E-state index contributed by atoms with van der Waals surface area (Å²) in [6, 6.07) is 3.63. The summed E-state index contributed by atoms with van der Waals surface area (Å²) >= 11 is 6.43. The molecular weight excluding hydrogens is 274 g/mol. The molecule has 1 atom stereocenters. The topological polar surface area (TPSA) is 33.1 Å². The van der Waals surface area contributed by atoms with Crippen LogP contribution in [0.2, 0.25) is 0 Å². The van der Waals surface area contributed by atoms with E-state index in [1.54, 1.807) is 12.3 Å². The molecule has 11 heavy (non-hydrogen) atoms. The van der Waals surface area contributed by atoms with Crippen molar-refractivity contribution in [2.45, 2.75) is 6.10 Å². The van der Waals surface area contributed by atoms with Crippen molar-refractivity contribution >= 4 is 31.9 Å². The third-order valence-corrected chi connectivity index (χ3v) is 2.57. The number of aromatic nitrogens is 1. The molecule has 1 aromatic rings. The molecule has 0 fully saturated rings. The summed E-state index contributed by atoms with van der Waals surface area (Å²) in [6.07, 6.45) is 1.19. The smallest absolute Gasteiger partial charge is 0.111 e. The lowest BCUT2D eigenvalue weighted by Crippen LogP contribution is -1.99. The van der Waals surface area contributed by atoms with Gasteiger partial charge in [0.15, 0.2) is 0 Å². The summed E-state index contributed by atoms with van der Waals surface area (Å²) in [5.74, 6) is 0. The second-order valence-electron chi connectivity index (χ2n) is 2.05. The Balaban J connectivity index is 2.93. The number of alkyl halides is 1. The Labute approximate surface area is 81.9 Å². The Hall–Kier alpha value is 0.0700. The number of hydrogen-bond donors (Lipinski definition) is 1. The van der Waals surface area contributed by atoms with Crippen LogP contribution in [-0.2, 0) is 0 Å². The summed E-state index contributed by atoms with van der Waals surface area (Å²) in [7, 11) is 0. The summed E-state index contributed by atoms with van der Waals surface area (Å²) in [4.78, 5) is 3.98. The molecule has 0 bridgehead atoms. The van der Waals surface area contributed by atoms with E-state index in [1.165, 1.54) is 0 Å². The Morgan fingerprint density at radius 3 is 2.91 bits per heavy atom. The van der Waals surface area contributed by atoms with Crippen LogP contribution >= 0.6 is 31.9 Å². The molecule has 1 N–H and O–H groups in total. The quantitative estimate of drug-likeness (QED) is 0.666. The molecule has 1 aromatic heterocycles. The van der Waals surface area contributed by atoms with E-state index in [4.69, 9.17) is 0 Å². The fourth-order valence-electron chi connectivity index (χ4n) is 0.730. The molecule has 0 saturated carbocycles. The highest BCUT2D eigenvalue weighted by Gasteiger charge is 2.08. The van der Waals surface area contributed by atoms with Gasteiger partial charge in [0.1, 0.15) is 4.60 Å². The minimum atomic E-state index is -0.488. The van der Waals surface area contributed by atoms with Gasteiger partial charge in [-0.05, 0) is 22.0 Å². The van der Waals surface area contributed by atoms with Gasteiger partial charge >= 0.3 is 0 Å². The van der Waals surface area contributed by atoms with Gasteiger partial charge in [-0.15, -0.1) is 0 Å². The maximum atomic E-state index is 9.39. The molecule has 0 aromatic carbocycles. The number of aliphatic hydroxyl groups excluding tert-OH is 1. The highest BCUT2D eigenvalue weighted by Crippen LogP contribution is 2.21. The van der Waals surface area contributed by atoms with Crippen LogP contribution in [0.3, 0.4) is 0 Å². The second-order valence-corrected chi connectivity index (χ2v) is 3.45. The highest BCUT2D eigenvalue weighted by molar-refractivity contribution is 9.10. The van der Waals surface area contributed by atoms with Gasteiger partial charge in [0.2, 0.25) is 0 Å². The number of hydrogen-bond acceptors (Lipinski definition) is 2. The molecule has 0 aliphatic rings. The SMILES string of the molecule is OC(CBr)c1cccnc1Br. The zero-order valence-corrected chi connectivity index (χ0v) is 8.84. The Bertz CT molecular complexity index is 242. The van der Waals surface area contributed by atoms with Gasteiger partial charge in [-0.2, -0.15) is 0 Å². The molecule has 1 unspecified atom stereocenters. The first-order valence-electron chi connectivity index (χ1n) is 3.10. The molecule has 0 aliphatic heterocycles. The zero-order valence-electron chi connectivity index (χ0n) is 5.67. The molecule has 4 heteroatoms. The molecule has 0 amide bonds. The minimum absolute atomic E-state index is 0.488. The van der Waals surface area contributed by atoms with E-state index in [9.17, 15) is 5.11 Å². The summed E-state index contributed by atoms with van der Waals surface area (Å²) in [5.41, 5.74) is 0.810. The average molecular weight is 281 g/mol. The second kappa shape index (κ2) is 4.18. The van der Waals surface area contributed by atoms with Gasteiger partial charge in [-0.1, -0.05) is 22.0 Å². The lowest BCUT2D eigenvalue weighted by atomic mass is 10.2. The largest absolute Gasteiger partial charge is 0.387 e. The van der Waals surface area contributed by atoms with E-state index < -0.39 is 6.10 Å². The van der Waals surface area contributed by atoms with Crippen molar-refractivity contribution in [2.24, 2.45) is 0 Å². The van der Waals surface area contributed by atoms with Crippen LogP contribution in [0.4, 0.5) is 0 Å². The van der Waals surface area contributed by atoms with Crippen LogP contribution in [0, 0.1) is 0 Å². The monoisotopic (exact) mass is 279 g/mol. The van der Waals surface area contributed by atoms with Gasteiger partial charge in [-0.25, -0.2) is 4.98 Å². The Morgan fingerprint density at radius 1 is 1.64 bits per heavy atom. The standard InChI is InChI=1S/C7H7Br2NO/c8-4-6(11)5-2-1-3-10-7(5)9/h1-3,6,11H,4H2. The minimum Gasteiger partial charge on any atom is -0.387 e. The zero-order chi connectivity index (χ0) is 8.27. The molecule has 0 saturated heterocycles. The summed E-state index contributed by atoms with van der Waals surface area (Å²) in [6.45, 7) is 0. The average Bonchev–Trinajstić information content (AvgIpc) is 2.04. The van der Waals surface area contributed by atoms with Crippen molar-refractivity contribution in [2.75, 3.05) is 5.33 Å². The fraction of sp³-hybridized carbons (Fsp3) is 0.286. The number of rotatable bonds is 2. The summed E-state index contributed by atoms with van der Waals surface area (Å²) < 4.78 is 0.701. The van der Waals surface area contributed by atoms with E-state index in [0.717, 1.165) is 5.56 Å². The van der Waals surface area contributed by atoms with Crippen molar-refractivity contribution < 1.29 is 5.11 Å². The van der Waals surface area contributed by atoms with Crippen LogP contribution in [0.15, 0.2) is 22.9 Å². The molecule has 0 radical (unpaired) electrons. The lowest BCUT2D eigenvalue weighted by molar-refractivity contribution is 0.204. The van der Waals surface area contributed by atoms with E-state index in [-0.39, 0.29) is 0 Å². The van der Waals surface area contributed by atoms with E-state index in [1.807, 2.05) is 6.07 Å². The normalized spacial score (nSPS) is 13.0. The molecule has 1 heterocycles.